The molecule has 34 heavy (non-hydrogen) atoms. The molecule has 3 rings (SSSR count). The highest BCUT2D eigenvalue weighted by Gasteiger charge is 2.21. The summed E-state index contributed by atoms with van der Waals surface area (Å²) >= 11 is 13.3. The molecule has 0 radical (unpaired) electrons. The minimum absolute atomic E-state index is 0.150. The number of aromatic nitrogens is 3. The lowest BCUT2D eigenvalue weighted by molar-refractivity contribution is -0.113. The zero-order chi connectivity index (χ0) is 24.7. The Morgan fingerprint density at radius 3 is 2.56 bits per heavy atom. The van der Waals surface area contributed by atoms with Crippen molar-refractivity contribution in [2.45, 2.75) is 38.0 Å². The second-order valence-electron chi connectivity index (χ2n) is 7.45. The molecule has 0 aliphatic rings. The standard InChI is InChI=1S/C24H25Cl2N5O2S/c1-4-12-31-22(15(3)27-23(33)19-11-8-17(25)13-20(19)26)29-30-24(31)34-14-21(32)28-18-9-6-16(5-2)7-10-18/h4,6-11,13,15H,1,5,12,14H2,2-3H3,(H,27,33)(H,28,32). The van der Waals surface area contributed by atoms with Gasteiger partial charge in [0.2, 0.25) is 5.91 Å². The summed E-state index contributed by atoms with van der Waals surface area (Å²) in [6, 6.07) is 12.0. The molecule has 2 amide bonds. The lowest BCUT2D eigenvalue weighted by Gasteiger charge is -2.16. The molecule has 178 valence electrons. The van der Waals surface area contributed by atoms with Crippen LogP contribution < -0.4 is 10.6 Å². The molecule has 1 aromatic heterocycles. The third-order valence-electron chi connectivity index (χ3n) is 4.95. The van der Waals surface area contributed by atoms with Crippen molar-refractivity contribution in [1.82, 2.24) is 20.1 Å². The van der Waals surface area contributed by atoms with Crippen LogP contribution in [0.1, 0.15) is 41.6 Å². The smallest absolute Gasteiger partial charge is 0.253 e. The van der Waals surface area contributed by atoms with E-state index in [0.717, 1.165) is 12.1 Å². The summed E-state index contributed by atoms with van der Waals surface area (Å²) in [4.78, 5) is 25.1. The van der Waals surface area contributed by atoms with Crippen molar-refractivity contribution in [3.05, 3.63) is 82.1 Å². The summed E-state index contributed by atoms with van der Waals surface area (Å²) in [6.07, 6.45) is 2.65. The van der Waals surface area contributed by atoms with Crippen molar-refractivity contribution in [3.8, 4) is 0 Å². The normalized spacial score (nSPS) is 11.6. The van der Waals surface area contributed by atoms with Crippen LogP contribution in [0.25, 0.3) is 0 Å². The van der Waals surface area contributed by atoms with E-state index in [0.29, 0.717) is 28.1 Å². The summed E-state index contributed by atoms with van der Waals surface area (Å²) in [5, 5.41) is 15.5. The highest BCUT2D eigenvalue weighted by atomic mass is 35.5. The van der Waals surface area contributed by atoms with Crippen LogP contribution in [0, 0.1) is 0 Å². The maximum absolute atomic E-state index is 12.7. The monoisotopic (exact) mass is 517 g/mol. The van der Waals surface area contributed by atoms with Crippen LogP contribution in [0.2, 0.25) is 10.0 Å². The van der Waals surface area contributed by atoms with Crippen molar-refractivity contribution in [2.75, 3.05) is 11.1 Å². The zero-order valence-electron chi connectivity index (χ0n) is 18.8. The molecule has 10 heteroatoms. The number of nitrogens with one attached hydrogen (secondary N) is 2. The van der Waals surface area contributed by atoms with Crippen LogP contribution in [0.4, 0.5) is 5.69 Å². The minimum Gasteiger partial charge on any atom is -0.342 e. The van der Waals surface area contributed by atoms with Crippen LogP contribution in [0.3, 0.4) is 0 Å². The number of amides is 2. The first-order valence-electron chi connectivity index (χ1n) is 10.6. The molecule has 0 aliphatic carbocycles. The SMILES string of the molecule is C=CCn1c(SCC(=O)Nc2ccc(CC)cc2)nnc1C(C)NC(=O)c1ccc(Cl)cc1Cl. The van der Waals surface area contributed by atoms with Gasteiger partial charge in [0.15, 0.2) is 11.0 Å². The molecule has 0 fully saturated rings. The Morgan fingerprint density at radius 1 is 1.18 bits per heavy atom. The van der Waals surface area contributed by atoms with Crippen LogP contribution in [-0.2, 0) is 17.8 Å². The largest absolute Gasteiger partial charge is 0.342 e. The topological polar surface area (TPSA) is 88.9 Å². The number of allylic oxidation sites excluding steroid dienone is 1. The van der Waals surface area contributed by atoms with E-state index >= 15 is 0 Å². The van der Waals surface area contributed by atoms with Crippen molar-refractivity contribution < 1.29 is 9.59 Å². The van der Waals surface area contributed by atoms with Gasteiger partial charge in [-0.2, -0.15) is 0 Å². The number of halogens is 2. The van der Waals surface area contributed by atoms with E-state index in [1.165, 1.54) is 23.4 Å². The van der Waals surface area contributed by atoms with Gasteiger partial charge in [-0.1, -0.05) is 60.1 Å². The first kappa shape index (κ1) is 25.8. The Kier molecular flexibility index (Phi) is 9.15. The molecule has 1 atom stereocenters. The number of hydrogen-bond donors (Lipinski definition) is 2. The van der Waals surface area contributed by atoms with Crippen molar-refractivity contribution in [1.29, 1.82) is 0 Å². The number of carbonyl (C=O) groups excluding carboxylic acids is 2. The molecule has 7 nitrogen and oxygen atoms in total. The fourth-order valence-electron chi connectivity index (χ4n) is 3.19. The predicted octanol–water partition coefficient (Wildman–Crippen LogP) is 5.56. The summed E-state index contributed by atoms with van der Waals surface area (Å²) < 4.78 is 1.81. The van der Waals surface area contributed by atoms with Gasteiger partial charge in [-0.15, -0.1) is 16.8 Å². The number of thioether (sulfide) groups is 1. The van der Waals surface area contributed by atoms with Gasteiger partial charge in [0.1, 0.15) is 0 Å². The van der Waals surface area contributed by atoms with E-state index in [9.17, 15) is 9.59 Å². The number of nitrogens with zero attached hydrogens (tertiary/aromatic N) is 3. The molecule has 0 saturated heterocycles. The van der Waals surface area contributed by atoms with E-state index < -0.39 is 6.04 Å². The van der Waals surface area contributed by atoms with Crippen LogP contribution in [-0.4, -0.2) is 32.3 Å². The Hall–Kier alpha value is -2.81. The number of hydrogen-bond acceptors (Lipinski definition) is 5. The Balaban J connectivity index is 1.66. The van der Waals surface area contributed by atoms with Gasteiger partial charge in [-0.3, -0.25) is 9.59 Å². The molecule has 3 aromatic rings. The molecular formula is C24H25Cl2N5O2S. The van der Waals surface area contributed by atoms with Crippen molar-refractivity contribution in [3.63, 3.8) is 0 Å². The lowest BCUT2D eigenvalue weighted by atomic mass is 10.1. The van der Waals surface area contributed by atoms with Crippen LogP contribution in [0.15, 0.2) is 60.3 Å². The molecule has 2 N–H and O–H groups in total. The van der Waals surface area contributed by atoms with Gasteiger partial charge in [0, 0.05) is 17.3 Å². The molecule has 0 bridgehead atoms. The number of aryl methyl sites for hydroxylation is 1. The minimum atomic E-state index is -0.466. The first-order chi connectivity index (χ1) is 16.3. The summed E-state index contributed by atoms with van der Waals surface area (Å²) in [5.74, 6) is 0.190. The molecule has 0 spiro atoms. The van der Waals surface area contributed by atoms with Crippen molar-refractivity contribution >= 4 is 52.5 Å². The van der Waals surface area contributed by atoms with Crippen molar-refractivity contribution in [2.24, 2.45) is 0 Å². The average Bonchev–Trinajstić information content (AvgIpc) is 3.21. The number of rotatable bonds is 10. The van der Waals surface area contributed by atoms with Gasteiger partial charge < -0.3 is 15.2 Å². The third-order valence-corrected chi connectivity index (χ3v) is 6.46. The van der Waals surface area contributed by atoms with E-state index in [1.807, 2.05) is 28.8 Å². The third kappa shape index (κ3) is 6.62. The molecule has 1 unspecified atom stereocenters. The Labute approximate surface area is 212 Å². The highest BCUT2D eigenvalue weighted by molar-refractivity contribution is 7.99. The predicted molar refractivity (Wildman–Crippen MR) is 138 cm³/mol. The molecular weight excluding hydrogens is 493 g/mol. The van der Waals surface area contributed by atoms with Gasteiger partial charge >= 0.3 is 0 Å². The molecule has 1 heterocycles. The summed E-state index contributed by atoms with van der Waals surface area (Å²) in [5.41, 5.74) is 2.26. The Bertz CT molecular complexity index is 1180. The average molecular weight is 518 g/mol. The maximum Gasteiger partial charge on any atom is 0.253 e. The van der Waals surface area contributed by atoms with E-state index in [-0.39, 0.29) is 22.6 Å². The second kappa shape index (κ2) is 12.1. The van der Waals surface area contributed by atoms with Gasteiger partial charge in [-0.05, 0) is 49.2 Å². The lowest BCUT2D eigenvalue weighted by Crippen LogP contribution is -2.29. The number of carbonyl (C=O) groups is 2. The fraction of sp³-hybridized carbons (Fsp3) is 0.250. The molecule has 0 saturated carbocycles. The Morgan fingerprint density at radius 2 is 1.91 bits per heavy atom. The van der Waals surface area contributed by atoms with E-state index in [4.69, 9.17) is 23.2 Å². The number of benzene rings is 2. The zero-order valence-corrected chi connectivity index (χ0v) is 21.2. The fourth-order valence-corrected chi connectivity index (χ4v) is 4.44. The second-order valence-corrected chi connectivity index (χ2v) is 9.23. The van der Waals surface area contributed by atoms with Gasteiger partial charge in [0.05, 0.1) is 22.4 Å². The molecule has 0 aliphatic heterocycles. The van der Waals surface area contributed by atoms with Gasteiger partial charge in [0.25, 0.3) is 5.91 Å². The summed E-state index contributed by atoms with van der Waals surface area (Å²) in [6.45, 7) is 8.09. The van der Waals surface area contributed by atoms with Crippen LogP contribution >= 0.6 is 35.0 Å². The van der Waals surface area contributed by atoms with E-state index in [1.54, 1.807) is 25.1 Å². The quantitative estimate of drug-likeness (QED) is 0.271. The number of anilines is 1. The van der Waals surface area contributed by atoms with E-state index in [2.05, 4.69) is 34.3 Å². The van der Waals surface area contributed by atoms with Gasteiger partial charge in [-0.25, -0.2) is 0 Å². The maximum atomic E-state index is 12.7. The summed E-state index contributed by atoms with van der Waals surface area (Å²) in [7, 11) is 0. The first-order valence-corrected chi connectivity index (χ1v) is 12.4. The van der Waals surface area contributed by atoms with Crippen LogP contribution in [0.5, 0.6) is 0 Å². The molecule has 2 aromatic carbocycles. The highest BCUT2D eigenvalue weighted by Crippen LogP contribution is 2.24.